The number of carbonyl (C=O) groups is 2. The molecule has 1 heterocycles. The van der Waals surface area contributed by atoms with Crippen LogP contribution in [-0.4, -0.2) is 35.5 Å². The van der Waals surface area contributed by atoms with Crippen molar-refractivity contribution < 1.29 is 9.59 Å². The first-order valence-electron chi connectivity index (χ1n) is 6.73. The van der Waals surface area contributed by atoms with Crippen LogP contribution in [0, 0.1) is 0 Å². The van der Waals surface area contributed by atoms with Crippen molar-refractivity contribution in [2.24, 2.45) is 0 Å². The Balaban J connectivity index is 1.72. The van der Waals surface area contributed by atoms with Crippen molar-refractivity contribution in [1.29, 1.82) is 0 Å². The minimum Gasteiger partial charge on any atom is -0.336 e. The van der Waals surface area contributed by atoms with Gasteiger partial charge in [0, 0.05) is 23.6 Å². The molecule has 0 aromatic heterocycles. The summed E-state index contributed by atoms with van der Waals surface area (Å²) in [6.45, 7) is 0.967. The third-order valence-electron chi connectivity index (χ3n) is 3.58. The molecule has 1 aromatic carbocycles. The molecule has 6 heteroatoms. The van der Waals surface area contributed by atoms with Gasteiger partial charge >= 0.3 is 6.03 Å². The molecule has 1 saturated carbocycles. The monoisotopic (exact) mass is 337 g/mol. The molecule has 2 aliphatic rings. The maximum atomic E-state index is 12.5. The zero-order valence-corrected chi connectivity index (χ0v) is 12.5. The average Bonchev–Trinajstić information content (AvgIpc) is 3.17. The number of nitrogens with zero attached hydrogens (tertiary/aromatic N) is 1. The molecular weight excluding hydrogens is 322 g/mol. The highest BCUT2D eigenvalue weighted by Gasteiger charge is 2.38. The largest absolute Gasteiger partial charge is 0.336 e. The van der Waals surface area contributed by atoms with Crippen molar-refractivity contribution in [3.8, 4) is 0 Å². The second-order valence-corrected chi connectivity index (χ2v) is 6.15. The minimum absolute atomic E-state index is 0.00539. The Labute approximate surface area is 125 Å². The van der Waals surface area contributed by atoms with Crippen molar-refractivity contribution in [1.82, 2.24) is 15.5 Å². The van der Waals surface area contributed by atoms with E-state index in [0.29, 0.717) is 19.1 Å². The molecule has 0 unspecified atom stereocenters. The lowest BCUT2D eigenvalue weighted by molar-refractivity contribution is -0.133. The van der Waals surface area contributed by atoms with E-state index in [0.717, 1.165) is 22.9 Å². The second-order valence-electron chi connectivity index (χ2n) is 5.23. The lowest BCUT2D eigenvalue weighted by Gasteiger charge is -2.25. The van der Waals surface area contributed by atoms with Crippen LogP contribution in [0.25, 0.3) is 0 Å². The van der Waals surface area contributed by atoms with Gasteiger partial charge in [-0.3, -0.25) is 4.79 Å². The SMILES string of the molecule is O=C1NC[C@@H](C(=O)N(Cc2cccc(Br)c2)C2CC2)N1. The Morgan fingerprint density at radius 1 is 1.40 bits per heavy atom. The first kappa shape index (κ1) is 13.4. The zero-order valence-electron chi connectivity index (χ0n) is 10.9. The van der Waals surface area contributed by atoms with Crippen LogP contribution >= 0.6 is 15.9 Å². The summed E-state index contributed by atoms with van der Waals surface area (Å²) in [5, 5.41) is 5.30. The van der Waals surface area contributed by atoms with E-state index >= 15 is 0 Å². The van der Waals surface area contributed by atoms with Gasteiger partial charge < -0.3 is 15.5 Å². The van der Waals surface area contributed by atoms with Crippen LogP contribution in [0.4, 0.5) is 4.79 Å². The summed E-state index contributed by atoms with van der Waals surface area (Å²) in [5.41, 5.74) is 1.09. The van der Waals surface area contributed by atoms with Gasteiger partial charge in [-0.05, 0) is 30.5 Å². The number of benzene rings is 1. The smallest absolute Gasteiger partial charge is 0.315 e. The van der Waals surface area contributed by atoms with Gasteiger partial charge in [0.05, 0.1) is 0 Å². The van der Waals surface area contributed by atoms with Crippen LogP contribution in [0.15, 0.2) is 28.7 Å². The molecule has 20 heavy (non-hydrogen) atoms. The van der Waals surface area contributed by atoms with Gasteiger partial charge in [-0.15, -0.1) is 0 Å². The van der Waals surface area contributed by atoms with Crippen molar-refractivity contribution in [2.45, 2.75) is 31.5 Å². The highest BCUT2D eigenvalue weighted by atomic mass is 79.9. The van der Waals surface area contributed by atoms with Crippen LogP contribution in [-0.2, 0) is 11.3 Å². The van der Waals surface area contributed by atoms with E-state index in [2.05, 4.69) is 26.6 Å². The number of nitrogens with one attached hydrogen (secondary N) is 2. The van der Waals surface area contributed by atoms with E-state index in [1.165, 1.54) is 0 Å². The number of hydrogen-bond donors (Lipinski definition) is 2. The fourth-order valence-electron chi connectivity index (χ4n) is 2.41. The van der Waals surface area contributed by atoms with Crippen molar-refractivity contribution in [2.75, 3.05) is 6.54 Å². The van der Waals surface area contributed by atoms with Crippen LogP contribution in [0.3, 0.4) is 0 Å². The number of rotatable bonds is 4. The molecule has 3 amide bonds. The maximum absolute atomic E-state index is 12.5. The summed E-state index contributed by atoms with van der Waals surface area (Å²) >= 11 is 3.45. The van der Waals surface area contributed by atoms with Crippen LogP contribution < -0.4 is 10.6 Å². The van der Waals surface area contributed by atoms with E-state index in [9.17, 15) is 9.59 Å². The van der Waals surface area contributed by atoms with E-state index < -0.39 is 6.04 Å². The molecule has 5 nitrogen and oxygen atoms in total. The Hall–Kier alpha value is -1.56. The Kier molecular flexibility index (Phi) is 3.65. The van der Waals surface area contributed by atoms with Gasteiger partial charge in [0.15, 0.2) is 0 Å². The standard InChI is InChI=1S/C14H16BrN3O2/c15-10-3-1-2-9(6-10)8-18(11-4-5-11)13(19)12-7-16-14(20)17-12/h1-3,6,11-12H,4-5,7-8H2,(H2,16,17,20)/t12-/m0/s1. The number of carbonyl (C=O) groups excluding carboxylic acids is 2. The predicted molar refractivity (Wildman–Crippen MR) is 78.0 cm³/mol. The summed E-state index contributed by atoms with van der Waals surface area (Å²) < 4.78 is 1.01. The quantitative estimate of drug-likeness (QED) is 0.877. The normalized spacial score (nSPS) is 21.2. The van der Waals surface area contributed by atoms with Crippen molar-refractivity contribution in [3.05, 3.63) is 34.3 Å². The number of amides is 3. The van der Waals surface area contributed by atoms with Gasteiger partial charge in [-0.25, -0.2) is 4.79 Å². The molecule has 0 spiro atoms. The predicted octanol–water partition coefficient (Wildman–Crippen LogP) is 1.62. The fraction of sp³-hybridized carbons (Fsp3) is 0.429. The van der Waals surface area contributed by atoms with Gasteiger partial charge in [0.1, 0.15) is 6.04 Å². The minimum atomic E-state index is -0.435. The molecule has 1 atom stereocenters. The molecule has 1 aliphatic carbocycles. The second kappa shape index (κ2) is 5.44. The highest BCUT2D eigenvalue weighted by Crippen LogP contribution is 2.29. The molecule has 106 valence electrons. The Morgan fingerprint density at radius 2 is 2.20 bits per heavy atom. The topological polar surface area (TPSA) is 61.4 Å². The first-order chi connectivity index (χ1) is 9.63. The van der Waals surface area contributed by atoms with E-state index in [1.807, 2.05) is 29.2 Å². The molecule has 2 fully saturated rings. The maximum Gasteiger partial charge on any atom is 0.315 e. The molecule has 1 aromatic rings. The highest BCUT2D eigenvalue weighted by molar-refractivity contribution is 9.10. The summed E-state index contributed by atoms with van der Waals surface area (Å²) in [4.78, 5) is 25.6. The average molecular weight is 338 g/mol. The first-order valence-corrected chi connectivity index (χ1v) is 7.52. The number of urea groups is 1. The molecule has 0 radical (unpaired) electrons. The van der Waals surface area contributed by atoms with Gasteiger partial charge in [0.2, 0.25) is 5.91 Å². The van der Waals surface area contributed by atoms with Crippen LogP contribution in [0.5, 0.6) is 0 Å². The molecule has 3 rings (SSSR count). The summed E-state index contributed by atoms with van der Waals surface area (Å²) in [7, 11) is 0. The summed E-state index contributed by atoms with van der Waals surface area (Å²) in [6, 6.07) is 7.59. The third-order valence-corrected chi connectivity index (χ3v) is 4.08. The van der Waals surface area contributed by atoms with Crippen LogP contribution in [0.1, 0.15) is 18.4 Å². The molecule has 1 saturated heterocycles. The van der Waals surface area contributed by atoms with Crippen LogP contribution in [0.2, 0.25) is 0 Å². The lowest BCUT2D eigenvalue weighted by Crippen LogP contribution is -2.46. The summed E-state index contributed by atoms with van der Waals surface area (Å²) in [5.74, 6) is 0.00539. The molecule has 2 N–H and O–H groups in total. The third kappa shape index (κ3) is 2.95. The summed E-state index contributed by atoms with van der Waals surface area (Å²) in [6.07, 6.45) is 2.10. The number of hydrogen-bond acceptors (Lipinski definition) is 2. The van der Waals surface area contributed by atoms with E-state index in [1.54, 1.807) is 0 Å². The van der Waals surface area contributed by atoms with E-state index in [-0.39, 0.29) is 11.9 Å². The zero-order chi connectivity index (χ0) is 14.1. The Bertz CT molecular complexity index is 545. The Morgan fingerprint density at radius 3 is 2.80 bits per heavy atom. The van der Waals surface area contributed by atoms with Crippen molar-refractivity contribution >= 4 is 27.9 Å². The fourth-order valence-corrected chi connectivity index (χ4v) is 2.86. The van der Waals surface area contributed by atoms with Gasteiger partial charge in [-0.1, -0.05) is 28.1 Å². The van der Waals surface area contributed by atoms with E-state index in [4.69, 9.17) is 0 Å². The van der Waals surface area contributed by atoms with Gasteiger partial charge in [-0.2, -0.15) is 0 Å². The van der Waals surface area contributed by atoms with Crippen molar-refractivity contribution in [3.63, 3.8) is 0 Å². The van der Waals surface area contributed by atoms with Gasteiger partial charge in [0.25, 0.3) is 0 Å². The molecule has 1 aliphatic heterocycles. The molecular formula is C14H16BrN3O2. The molecule has 0 bridgehead atoms. The lowest BCUT2D eigenvalue weighted by atomic mass is 10.2. The number of halogens is 1.